The maximum atomic E-state index is 12.7. The number of carbonyl (C=O) groups excluding carboxylic acids is 1. The molecule has 0 aliphatic heterocycles. The molecular formula is C9H8ClFINO. The minimum Gasteiger partial charge on any atom is -0.312 e. The van der Waals surface area contributed by atoms with Gasteiger partial charge in [0.2, 0.25) is 4.18 Å². The third kappa shape index (κ3) is 2.81. The van der Waals surface area contributed by atoms with Crippen molar-refractivity contribution in [1.82, 2.24) is 0 Å². The van der Waals surface area contributed by atoms with Gasteiger partial charge in [0.25, 0.3) is 5.91 Å². The van der Waals surface area contributed by atoms with Crippen molar-refractivity contribution in [3.8, 4) is 0 Å². The van der Waals surface area contributed by atoms with Crippen LogP contribution in [-0.2, 0) is 4.79 Å². The van der Waals surface area contributed by atoms with Crippen LogP contribution >= 0.6 is 34.2 Å². The fourth-order valence-electron chi connectivity index (χ4n) is 0.938. The molecule has 0 spiro atoms. The van der Waals surface area contributed by atoms with Gasteiger partial charge in [0.15, 0.2) is 0 Å². The molecule has 0 aliphatic carbocycles. The first-order valence-corrected chi connectivity index (χ1v) is 5.46. The summed E-state index contributed by atoms with van der Waals surface area (Å²) in [6.45, 7) is 0. The van der Waals surface area contributed by atoms with Crippen molar-refractivity contribution >= 4 is 45.8 Å². The second-order valence-corrected chi connectivity index (χ2v) is 4.20. The third-order valence-electron chi connectivity index (χ3n) is 1.73. The zero-order chi connectivity index (χ0) is 10.7. The van der Waals surface area contributed by atoms with Crippen molar-refractivity contribution in [2.24, 2.45) is 0 Å². The maximum absolute atomic E-state index is 12.7. The van der Waals surface area contributed by atoms with E-state index in [9.17, 15) is 9.18 Å². The van der Waals surface area contributed by atoms with Gasteiger partial charge < -0.3 is 4.90 Å². The Morgan fingerprint density at radius 3 is 2.43 bits per heavy atom. The fraction of sp³-hybridized carbons (Fsp3) is 0.222. The number of anilines is 1. The number of amides is 1. The summed E-state index contributed by atoms with van der Waals surface area (Å²) in [5.74, 6) is -0.576. The Morgan fingerprint density at radius 1 is 1.50 bits per heavy atom. The lowest BCUT2D eigenvalue weighted by Gasteiger charge is -2.17. The summed E-state index contributed by atoms with van der Waals surface area (Å²) >= 11 is 7.11. The Balaban J connectivity index is 2.84. The average Bonchev–Trinajstić information content (AvgIpc) is 2.16. The molecule has 76 valence electrons. The molecule has 0 N–H and O–H groups in total. The van der Waals surface area contributed by atoms with Crippen LogP contribution in [0.2, 0.25) is 5.02 Å². The predicted octanol–water partition coefficient (Wildman–Crippen LogP) is 3.03. The van der Waals surface area contributed by atoms with E-state index in [0.717, 1.165) is 0 Å². The maximum Gasteiger partial charge on any atom is 0.271 e. The summed E-state index contributed by atoms with van der Waals surface area (Å²) in [5, 5.41) is 0.584. The van der Waals surface area contributed by atoms with Crippen molar-refractivity contribution in [3.05, 3.63) is 29.3 Å². The molecule has 0 bridgehead atoms. The molecule has 1 aromatic carbocycles. The van der Waals surface area contributed by atoms with Crippen molar-refractivity contribution < 1.29 is 9.18 Å². The van der Waals surface area contributed by atoms with E-state index >= 15 is 0 Å². The highest BCUT2D eigenvalue weighted by Crippen LogP contribution is 2.19. The normalized spacial score (nSPS) is 12.3. The van der Waals surface area contributed by atoms with Gasteiger partial charge in [-0.1, -0.05) is 11.6 Å². The number of nitrogens with zero attached hydrogens (tertiary/aromatic N) is 1. The summed E-state index contributed by atoms with van der Waals surface area (Å²) in [5.41, 5.74) is 0.624. The topological polar surface area (TPSA) is 20.3 Å². The SMILES string of the molecule is CN(C(=O)C(F)I)c1ccc(Cl)cc1. The summed E-state index contributed by atoms with van der Waals surface area (Å²) in [6, 6.07) is 6.64. The van der Waals surface area contributed by atoms with Crippen molar-refractivity contribution in [3.63, 3.8) is 0 Å². The molecule has 5 heteroatoms. The summed E-state index contributed by atoms with van der Waals surface area (Å²) in [4.78, 5) is 12.5. The molecule has 14 heavy (non-hydrogen) atoms. The van der Waals surface area contributed by atoms with Crippen LogP contribution in [0.1, 0.15) is 0 Å². The Hall–Kier alpha value is -0.360. The highest BCUT2D eigenvalue weighted by molar-refractivity contribution is 14.1. The Bertz CT molecular complexity index is 328. The first-order valence-electron chi connectivity index (χ1n) is 3.83. The van der Waals surface area contributed by atoms with Gasteiger partial charge in [-0.3, -0.25) is 4.79 Å². The fourth-order valence-corrected chi connectivity index (χ4v) is 1.48. The van der Waals surface area contributed by atoms with Crippen molar-refractivity contribution in [2.75, 3.05) is 11.9 Å². The van der Waals surface area contributed by atoms with E-state index in [1.54, 1.807) is 24.3 Å². The quantitative estimate of drug-likeness (QED) is 0.604. The molecule has 1 unspecified atom stereocenters. The van der Waals surface area contributed by atoms with Crippen LogP contribution in [-0.4, -0.2) is 17.1 Å². The van der Waals surface area contributed by atoms with Gasteiger partial charge in [0.1, 0.15) is 0 Å². The number of alkyl halides is 2. The van der Waals surface area contributed by atoms with E-state index < -0.39 is 10.1 Å². The lowest BCUT2D eigenvalue weighted by Crippen LogP contribution is -2.30. The van der Waals surface area contributed by atoms with Crippen molar-refractivity contribution in [1.29, 1.82) is 0 Å². The largest absolute Gasteiger partial charge is 0.312 e. The van der Waals surface area contributed by atoms with Gasteiger partial charge in [-0.25, -0.2) is 4.39 Å². The zero-order valence-corrected chi connectivity index (χ0v) is 10.3. The number of carbonyl (C=O) groups is 1. The Labute approximate surface area is 100 Å². The molecule has 1 rings (SSSR count). The molecule has 0 saturated heterocycles. The van der Waals surface area contributed by atoms with E-state index in [-0.39, 0.29) is 0 Å². The summed E-state index contributed by atoms with van der Waals surface area (Å²) in [6.07, 6.45) is 0. The van der Waals surface area contributed by atoms with E-state index in [1.807, 2.05) is 0 Å². The molecule has 0 aliphatic rings. The average molecular weight is 328 g/mol. The molecule has 0 fully saturated rings. The number of hydrogen-bond donors (Lipinski definition) is 0. The monoisotopic (exact) mass is 327 g/mol. The smallest absolute Gasteiger partial charge is 0.271 e. The summed E-state index contributed by atoms with van der Waals surface area (Å²) in [7, 11) is 1.52. The second kappa shape index (κ2) is 4.93. The molecule has 0 heterocycles. The molecule has 0 saturated carbocycles. The number of hydrogen-bond acceptors (Lipinski definition) is 1. The lowest BCUT2D eigenvalue weighted by molar-refractivity contribution is -0.119. The molecule has 0 aromatic heterocycles. The van der Waals surface area contributed by atoms with Gasteiger partial charge >= 0.3 is 0 Å². The van der Waals surface area contributed by atoms with Gasteiger partial charge in [0.05, 0.1) is 0 Å². The molecular weight excluding hydrogens is 319 g/mol. The molecule has 1 atom stereocenters. The third-order valence-corrected chi connectivity index (χ3v) is 2.52. The van der Waals surface area contributed by atoms with Crippen LogP contribution in [0.3, 0.4) is 0 Å². The van der Waals surface area contributed by atoms with Crippen LogP contribution in [0.25, 0.3) is 0 Å². The molecule has 0 radical (unpaired) electrons. The standard InChI is InChI=1S/C9H8ClFINO/c1-13(9(14)8(11)12)7-4-2-6(10)3-5-7/h2-5,8H,1H3. The predicted molar refractivity (Wildman–Crippen MR) is 63.8 cm³/mol. The van der Waals surface area contributed by atoms with Crippen LogP contribution in [0.4, 0.5) is 10.1 Å². The van der Waals surface area contributed by atoms with E-state index in [1.165, 1.54) is 34.5 Å². The van der Waals surface area contributed by atoms with Gasteiger partial charge in [-0.05, 0) is 46.9 Å². The number of benzene rings is 1. The van der Waals surface area contributed by atoms with E-state index in [4.69, 9.17) is 11.6 Å². The Morgan fingerprint density at radius 2 is 2.00 bits per heavy atom. The van der Waals surface area contributed by atoms with Crippen molar-refractivity contribution in [2.45, 2.75) is 4.18 Å². The Kier molecular flexibility index (Phi) is 4.12. The van der Waals surface area contributed by atoms with Gasteiger partial charge in [-0.15, -0.1) is 0 Å². The zero-order valence-electron chi connectivity index (χ0n) is 7.38. The molecule has 1 amide bonds. The molecule has 2 nitrogen and oxygen atoms in total. The first kappa shape index (κ1) is 11.7. The summed E-state index contributed by atoms with van der Waals surface area (Å²) < 4.78 is 11.2. The minimum atomic E-state index is -1.52. The number of halogens is 3. The van der Waals surface area contributed by atoms with Crippen LogP contribution in [0, 0.1) is 0 Å². The number of rotatable bonds is 2. The van der Waals surface area contributed by atoms with Crippen LogP contribution < -0.4 is 4.90 Å². The highest BCUT2D eigenvalue weighted by Gasteiger charge is 2.18. The van der Waals surface area contributed by atoms with Gasteiger partial charge in [-0.2, -0.15) is 0 Å². The van der Waals surface area contributed by atoms with Crippen LogP contribution in [0.15, 0.2) is 24.3 Å². The van der Waals surface area contributed by atoms with Crippen LogP contribution in [0.5, 0.6) is 0 Å². The molecule has 1 aromatic rings. The minimum absolute atomic E-state index is 0.576. The van der Waals surface area contributed by atoms with E-state index in [0.29, 0.717) is 10.7 Å². The highest BCUT2D eigenvalue weighted by atomic mass is 127. The van der Waals surface area contributed by atoms with Gasteiger partial charge in [0, 0.05) is 17.8 Å². The van der Waals surface area contributed by atoms with E-state index in [2.05, 4.69) is 0 Å². The first-order chi connectivity index (χ1) is 6.52. The second-order valence-electron chi connectivity index (χ2n) is 2.67. The lowest BCUT2D eigenvalue weighted by atomic mass is 10.3.